The van der Waals surface area contributed by atoms with Crippen LogP contribution in [0.3, 0.4) is 0 Å². The van der Waals surface area contributed by atoms with Gasteiger partial charge in [0.15, 0.2) is 0 Å². The molecule has 2 aliphatic rings. The quantitative estimate of drug-likeness (QED) is 0.847. The lowest BCUT2D eigenvalue weighted by Crippen LogP contribution is -2.27. The van der Waals surface area contributed by atoms with Gasteiger partial charge >= 0.3 is 0 Å². The van der Waals surface area contributed by atoms with Crippen LogP contribution in [0.25, 0.3) is 0 Å². The lowest BCUT2D eigenvalue weighted by atomic mass is 9.95. The van der Waals surface area contributed by atoms with Crippen LogP contribution in [-0.2, 0) is 6.54 Å². The first kappa shape index (κ1) is 11.3. The van der Waals surface area contributed by atoms with Crippen LogP contribution >= 0.6 is 0 Å². The number of nitrogens with zero attached hydrogens (tertiary/aromatic N) is 2. The van der Waals surface area contributed by atoms with Crippen LogP contribution in [0.15, 0.2) is 12.5 Å². The van der Waals surface area contributed by atoms with E-state index in [0.29, 0.717) is 0 Å². The van der Waals surface area contributed by atoms with Crippen molar-refractivity contribution in [3.05, 3.63) is 18.2 Å². The molecular formula is C14H23N3. The van der Waals surface area contributed by atoms with Gasteiger partial charge in [-0.3, -0.25) is 0 Å². The molecule has 0 radical (unpaired) electrons. The van der Waals surface area contributed by atoms with Gasteiger partial charge in [-0.25, -0.2) is 4.98 Å². The normalized spacial score (nSPS) is 21.9. The van der Waals surface area contributed by atoms with Gasteiger partial charge in [0.05, 0.1) is 6.33 Å². The van der Waals surface area contributed by atoms with Crippen LogP contribution in [-0.4, -0.2) is 22.6 Å². The summed E-state index contributed by atoms with van der Waals surface area (Å²) in [5, 5.41) is 3.43. The van der Waals surface area contributed by atoms with Gasteiger partial charge in [0.25, 0.3) is 0 Å². The van der Waals surface area contributed by atoms with E-state index < -0.39 is 0 Å². The van der Waals surface area contributed by atoms with Gasteiger partial charge in [0.1, 0.15) is 0 Å². The Bertz CT molecular complexity index is 348. The Labute approximate surface area is 104 Å². The highest BCUT2D eigenvalue weighted by Crippen LogP contribution is 2.34. The number of hydrogen-bond acceptors (Lipinski definition) is 2. The molecule has 94 valence electrons. The maximum atomic E-state index is 4.35. The average molecular weight is 233 g/mol. The monoisotopic (exact) mass is 233 g/mol. The van der Waals surface area contributed by atoms with E-state index in [1.807, 2.05) is 6.33 Å². The van der Waals surface area contributed by atoms with Crippen LogP contribution < -0.4 is 5.32 Å². The lowest BCUT2D eigenvalue weighted by Gasteiger charge is -2.23. The lowest BCUT2D eigenvalue weighted by molar-refractivity contribution is 0.434. The Morgan fingerprint density at radius 2 is 2.06 bits per heavy atom. The van der Waals surface area contributed by atoms with Crippen molar-refractivity contribution in [1.29, 1.82) is 0 Å². The van der Waals surface area contributed by atoms with Crippen molar-refractivity contribution in [3.63, 3.8) is 0 Å². The molecule has 1 aliphatic carbocycles. The summed E-state index contributed by atoms with van der Waals surface area (Å²) in [6.45, 7) is 3.51. The second-order valence-corrected chi connectivity index (χ2v) is 5.62. The van der Waals surface area contributed by atoms with E-state index in [0.717, 1.165) is 24.9 Å². The molecule has 3 rings (SSSR count). The zero-order valence-corrected chi connectivity index (χ0v) is 10.6. The molecule has 3 heteroatoms. The fourth-order valence-corrected chi connectivity index (χ4v) is 2.93. The number of imidazole rings is 1. The molecule has 1 aromatic heterocycles. The zero-order valence-electron chi connectivity index (χ0n) is 10.6. The second kappa shape index (κ2) is 5.21. The third-order valence-electron chi connectivity index (χ3n) is 4.21. The van der Waals surface area contributed by atoms with E-state index >= 15 is 0 Å². The molecule has 2 heterocycles. The number of aromatic nitrogens is 2. The van der Waals surface area contributed by atoms with Gasteiger partial charge < -0.3 is 9.88 Å². The minimum absolute atomic E-state index is 0.736. The Morgan fingerprint density at radius 1 is 1.24 bits per heavy atom. The van der Waals surface area contributed by atoms with Gasteiger partial charge in [-0.05, 0) is 44.7 Å². The van der Waals surface area contributed by atoms with Gasteiger partial charge in [0.2, 0.25) is 0 Å². The third kappa shape index (κ3) is 2.89. The SMILES string of the molecule is c1ncn(CCCC2CC2)c1C1CCNCC1. The molecule has 0 amide bonds. The number of aryl methyl sites for hydroxylation is 1. The number of nitrogens with one attached hydrogen (secondary N) is 1. The molecule has 17 heavy (non-hydrogen) atoms. The maximum absolute atomic E-state index is 4.35. The Morgan fingerprint density at radius 3 is 2.82 bits per heavy atom. The molecule has 1 saturated carbocycles. The van der Waals surface area contributed by atoms with E-state index in [9.17, 15) is 0 Å². The standard InChI is InChI=1S/C14H23N3/c1(2-12-3-4-12)9-17-11-16-10-14(17)13-5-7-15-8-6-13/h10-13,15H,1-9H2. The molecule has 1 N–H and O–H groups in total. The topological polar surface area (TPSA) is 29.9 Å². The Hall–Kier alpha value is -0.830. The van der Waals surface area contributed by atoms with E-state index in [1.54, 1.807) is 0 Å². The first-order valence-electron chi connectivity index (χ1n) is 7.14. The Balaban J connectivity index is 1.57. The summed E-state index contributed by atoms with van der Waals surface area (Å²) < 4.78 is 2.40. The molecular weight excluding hydrogens is 210 g/mol. The first-order valence-corrected chi connectivity index (χ1v) is 7.14. The van der Waals surface area contributed by atoms with Crippen molar-refractivity contribution < 1.29 is 0 Å². The van der Waals surface area contributed by atoms with Crippen molar-refractivity contribution in [2.24, 2.45) is 5.92 Å². The second-order valence-electron chi connectivity index (χ2n) is 5.62. The summed E-state index contributed by atoms with van der Waals surface area (Å²) in [5.41, 5.74) is 1.47. The summed E-state index contributed by atoms with van der Waals surface area (Å²) in [5.74, 6) is 1.79. The maximum Gasteiger partial charge on any atom is 0.0948 e. The minimum atomic E-state index is 0.736. The van der Waals surface area contributed by atoms with Crippen LogP contribution in [0, 0.1) is 5.92 Å². The smallest absolute Gasteiger partial charge is 0.0948 e. The van der Waals surface area contributed by atoms with Crippen LogP contribution in [0.4, 0.5) is 0 Å². The number of piperidine rings is 1. The predicted octanol–water partition coefficient (Wildman–Crippen LogP) is 2.54. The van der Waals surface area contributed by atoms with Gasteiger partial charge in [-0.2, -0.15) is 0 Å². The zero-order chi connectivity index (χ0) is 11.5. The van der Waals surface area contributed by atoms with Gasteiger partial charge in [-0.15, -0.1) is 0 Å². The summed E-state index contributed by atoms with van der Waals surface area (Å²) in [6.07, 6.45) is 12.4. The van der Waals surface area contributed by atoms with E-state index in [-0.39, 0.29) is 0 Å². The average Bonchev–Trinajstić information content (AvgIpc) is 3.07. The van der Waals surface area contributed by atoms with Gasteiger partial charge in [-0.1, -0.05) is 12.8 Å². The van der Waals surface area contributed by atoms with Crippen LogP contribution in [0.5, 0.6) is 0 Å². The fourth-order valence-electron chi connectivity index (χ4n) is 2.93. The van der Waals surface area contributed by atoms with E-state index in [4.69, 9.17) is 0 Å². The molecule has 3 nitrogen and oxygen atoms in total. The van der Waals surface area contributed by atoms with E-state index in [1.165, 1.54) is 50.8 Å². The van der Waals surface area contributed by atoms with E-state index in [2.05, 4.69) is 21.1 Å². The number of rotatable bonds is 5. The van der Waals surface area contributed by atoms with Crippen molar-refractivity contribution in [2.75, 3.05) is 13.1 Å². The molecule has 2 fully saturated rings. The molecule has 0 atom stereocenters. The fraction of sp³-hybridized carbons (Fsp3) is 0.786. The highest BCUT2D eigenvalue weighted by atomic mass is 15.0. The molecule has 0 unspecified atom stereocenters. The molecule has 0 aromatic carbocycles. The van der Waals surface area contributed by atoms with Crippen molar-refractivity contribution in [3.8, 4) is 0 Å². The van der Waals surface area contributed by atoms with Gasteiger partial charge in [0, 0.05) is 24.4 Å². The summed E-state index contributed by atoms with van der Waals surface area (Å²) in [6, 6.07) is 0. The molecule has 1 aliphatic heterocycles. The summed E-state index contributed by atoms with van der Waals surface area (Å²) in [4.78, 5) is 4.35. The largest absolute Gasteiger partial charge is 0.334 e. The number of hydrogen-bond donors (Lipinski definition) is 1. The predicted molar refractivity (Wildman–Crippen MR) is 69.0 cm³/mol. The molecule has 1 saturated heterocycles. The highest BCUT2D eigenvalue weighted by molar-refractivity contribution is 5.07. The molecule has 1 aromatic rings. The Kier molecular flexibility index (Phi) is 3.46. The highest BCUT2D eigenvalue weighted by Gasteiger charge is 2.21. The van der Waals surface area contributed by atoms with Crippen molar-refractivity contribution >= 4 is 0 Å². The summed E-state index contributed by atoms with van der Waals surface area (Å²) >= 11 is 0. The van der Waals surface area contributed by atoms with Crippen molar-refractivity contribution in [1.82, 2.24) is 14.9 Å². The van der Waals surface area contributed by atoms with Crippen molar-refractivity contribution in [2.45, 2.75) is 51.0 Å². The minimum Gasteiger partial charge on any atom is -0.334 e. The summed E-state index contributed by atoms with van der Waals surface area (Å²) in [7, 11) is 0. The molecule has 0 bridgehead atoms. The third-order valence-corrected chi connectivity index (χ3v) is 4.21. The first-order chi connectivity index (χ1) is 8.43. The van der Waals surface area contributed by atoms with Crippen LogP contribution in [0.1, 0.15) is 50.1 Å². The molecule has 0 spiro atoms. The van der Waals surface area contributed by atoms with Crippen LogP contribution in [0.2, 0.25) is 0 Å².